The van der Waals surface area contributed by atoms with Crippen LogP contribution in [0.1, 0.15) is 73.5 Å². The van der Waals surface area contributed by atoms with Crippen LogP contribution in [0.4, 0.5) is 0 Å². The van der Waals surface area contributed by atoms with Gasteiger partial charge in [0.15, 0.2) is 0 Å². The number of nitrogens with zero attached hydrogens (tertiary/aromatic N) is 3. The van der Waals surface area contributed by atoms with Crippen LogP contribution in [0, 0.1) is 0 Å². The van der Waals surface area contributed by atoms with Gasteiger partial charge in [0.2, 0.25) is 5.91 Å². The van der Waals surface area contributed by atoms with Crippen LogP contribution in [0.3, 0.4) is 0 Å². The lowest BCUT2D eigenvalue weighted by Gasteiger charge is -2.39. The molecule has 7 heteroatoms. The van der Waals surface area contributed by atoms with E-state index in [0.717, 1.165) is 42.7 Å². The van der Waals surface area contributed by atoms with Crippen molar-refractivity contribution in [3.63, 3.8) is 0 Å². The lowest BCUT2D eigenvalue weighted by molar-refractivity contribution is -0.131. The van der Waals surface area contributed by atoms with Gasteiger partial charge in [0.25, 0.3) is 5.91 Å². The van der Waals surface area contributed by atoms with Crippen LogP contribution < -0.4 is 4.74 Å². The summed E-state index contributed by atoms with van der Waals surface area (Å²) < 4.78 is 5.38. The third-order valence-electron chi connectivity index (χ3n) is 7.12. The number of hydrogen-bond donors (Lipinski definition) is 1. The van der Waals surface area contributed by atoms with Crippen LogP contribution >= 0.6 is 0 Å². The number of rotatable bonds is 5. The quantitative estimate of drug-likeness (QED) is 0.771. The first kappa shape index (κ1) is 22.4. The standard InChI is InChI=1S/C25H34N4O3/c1-17-7-6-8-18(2)29(17)25(31)21-16-26-27-24(21)19-11-13-28(14-12-19)23(30)15-20-9-4-5-10-22(20)32-3/h4-5,9-10,16-19H,6-8,11-15H2,1-3H3,(H,26,27)/t17-,18-/m0/s1. The van der Waals surface area contributed by atoms with Crippen molar-refractivity contribution in [2.45, 2.75) is 70.4 Å². The Labute approximate surface area is 190 Å². The molecule has 172 valence electrons. The summed E-state index contributed by atoms with van der Waals surface area (Å²) in [7, 11) is 1.63. The number of aromatic nitrogens is 2. The van der Waals surface area contributed by atoms with Crippen LogP contribution in [0.2, 0.25) is 0 Å². The second kappa shape index (κ2) is 9.76. The normalized spacial score (nSPS) is 22.1. The number of likely N-dealkylation sites (tertiary alicyclic amines) is 2. The Morgan fingerprint density at radius 1 is 1.09 bits per heavy atom. The summed E-state index contributed by atoms with van der Waals surface area (Å²) in [6.07, 6.45) is 6.95. The minimum absolute atomic E-state index is 0.0862. The molecule has 1 aromatic carbocycles. The van der Waals surface area contributed by atoms with Gasteiger partial charge in [-0.3, -0.25) is 14.7 Å². The van der Waals surface area contributed by atoms with Gasteiger partial charge >= 0.3 is 0 Å². The highest BCUT2D eigenvalue weighted by molar-refractivity contribution is 5.95. The van der Waals surface area contributed by atoms with Crippen molar-refractivity contribution in [1.82, 2.24) is 20.0 Å². The molecule has 0 aliphatic carbocycles. The minimum atomic E-state index is 0.0862. The fraction of sp³-hybridized carbons (Fsp3) is 0.560. The molecule has 0 saturated carbocycles. The van der Waals surface area contributed by atoms with Crippen LogP contribution in [0.15, 0.2) is 30.5 Å². The number of H-pyrrole nitrogens is 1. The number of methoxy groups -OCH3 is 1. The molecular weight excluding hydrogens is 404 g/mol. The van der Waals surface area contributed by atoms with Gasteiger partial charge in [0.1, 0.15) is 5.75 Å². The van der Waals surface area contributed by atoms with Crippen LogP contribution in [-0.4, -0.2) is 64.1 Å². The Bertz CT molecular complexity index is 938. The molecule has 2 aromatic rings. The maximum atomic E-state index is 13.4. The molecule has 1 N–H and O–H groups in total. The Morgan fingerprint density at radius 2 is 1.78 bits per heavy atom. The summed E-state index contributed by atoms with van der Waals surface area (Å²) in [5.74, 6) is 1.16. The number of carbonyl (C=O) groups excluding carboxylic acids is 2. The Hall–Kier alpha value is -2.83. The van der Waals surface area contributed by atoms with E-state index >= 15 is 0 Å². The van der Waals surface area contributed by atoms with E-state index in [1.165, 1.54) is 6.42 Å². The molecule has 1 aromatic heterocycles. The zero-order chi connectivity index (χ0) is 22.7. The first-order valence-corrected chi connectivity index (χ1v) is 11.7. The monoisotopic (exact) mass is 438 g/mol. The van der Waals surface area contributed by atoms with Gasteiger partial charge in [-0.1, -0.05) is 18.2 Å². The summed E-state index contributed by atoms with van der Waals surface area (Å²) in [5, 5.41) is 7.33. The molecule has 0 spiro atoms. The van der Waals surface area contributed by atoms with E-state index in [4.69, 9.17) is 4.74 Å². The van der Waals surface area contributed by atoms with E-state index in [1.807, 2.05) is 34.1 Å². The van der Waals surface area contributed by atoms with Gasteiger partial charge in [-0.25, -0.2) is 0 Å². The van der Waals surface area contributed by atoms with Crippen molar-refractivity contribution in [2.24, 2.45) is 0 Å². The van der Waals surface area contributed by atoms with Gasteiger partial charge in [-0.15, -0.1) is 0 Å². The van der Waals surface area contributed by atoms with E-state index in [2.05, 4.69) is 24.0 Å². The number of carbonyl (C=O) groups is 2. The Morgan fingerprint density at radius 3 is 2.47 bits per heavy atom. The van der Waals surface area contributed by atoms with Gasteiger partial charge in [-0.05, 0) is 52.0 Å². The summed E-state index contributed by atoms with van der Waals surface area (Å²) in [5.41, 5.74) is 2.54. The third-order valence-corrected chi connectivity index (χ3v) is 7.12. The van der Waals surface area contributed by atoms with Crippen molar-refractivity contribution in [3.8, 4) is 5.75 Å². The average molecular weight is 439 g/mol. The molecule has 0 bridgehead atoms. The highest BCUT2D eigenvalue weighted by Crippen LogP contribution is 2.32. The maximum Gasteiger partial charge on any atom is 0.257 e. The Kier molecular flexibility index (Phi) is 6.82. The summed E-state index contributed by atoms with van der Waals surface area (Å²) in [6, 6.07) is 8.17. The highest BCUT2D eigenvalue weighted by Gasteiger charge is 2.34. The van der Waals surface area contributed by atoms with Crippen LogP contribution in [0.5, 0.6) is 5.75 Å². The number of nitrogens with one attached hydrogen (secondary N) is 1. The molecule has 0 unspecified atom stereocenters. The predicted octanol–water partition coefficient (Wildman–Crippen LogP) is 3.77. The zero-order valence-electron chi connectivity index (χ0n) is 19.3. The molecule has 32 heavy (non-hydrogen) atoms. The number of amides is 2. The molecule has 3 heterocycles. The molecule has 2 fully saturated rings. The molecular formula is C25H34N4O3. The first-order valence-electron chi connectivity index (χ1n) is 11.7. The molecule has 2 saturated heterocycles. The number of hydrogen-bond acceptors (Lipinski definition) is 4. The van der Waals surface area contributed by atoms with Gasteiger partial charge in [0.05, 0.1) is 31.0 Å². The summed E-state index contributed by atoms with van der Waals surface area (Å²) in [6.45, 7) is 5.64. The number of benzene rings is 1. The van der Waals surface area contributed by atoms with E-state index in [1.54, 1.807) is 13.3 Å². The van der Waals surface area contributed by atoms with Crippen molar-refractivity contribution in [3.05, 3.63) is 47.3 Å². The fourth-order valence-electron chi connectivity index (χ4n) is 5.28. The van der Waals surface area contributed by atoms with E-state index in [0.29, 0.717) is 25.1 Å². The number of ether oxygens (including phenoxy) is 1. The molecule has 2 atom stereocenters. The largest absolute Gasteiger partial charge is 0.496 e. The van der Waals surface area contributed by atoms with Gasteiger partial charge in [-0.2, -0.15) is 5.10 Å². The Balaban J connectivity index is 1.39. The van der Waals surface area contributed by atoms with Crippen LogP contribution in [-0.2, 0) is 11.2 Å². The highest BCUT2D eigenvalue weighted by atomic mass is 16.5. The summed E-state index contributed by atoms with van der Waals surface area (Å²) in [4.78, 5) is 30.2. The van der Waals surface area contributed by atoms with Crippen molar-refractivity contribution in [1.29, 1.82) is 0 Å². The van der Waals surface area contributed by atoms with Crippen molar-refractivity contribution in [2.75, 3.05) is 20.2 Å². The maximum absolute atomic E-state index is 13.4. The predicted molar refractivity (Wildman–Crippen MR) is 123 cm³/mol. The van der Waals surface area contributed by atoms with Crippen molar-refractivity contribution >= 4 is 11.8 Å². The van der Waals surface area contributed by atoms with E-state index in [-0.39, 0.29) is 29.8 Å². The average Bonchev–Trinajstić information content (AvgIpc) is 3.29. The smallest absolute Gasteiger partial charge is 0.257 e. The molecule has 7 nitrogen and oxygen atoms in total. The zero-order valence-corrected chi connectivity index (χ0v) is 19.3. The van der Waals surface area contributed by atoms with E-state index in [9.17, 15) is 9.59 Å². The SMILES string of the molecule is COc1ccccc1CC(=O)N1CCC(c2[nH]ncc2C(=O)N2[C@@H](C)CCC[C@@H]2C)CC1. The van der Waals surface area contributed by atoms with Gasteiger partial charge < -0.3 is 14.5 Å². The summed E-state index contributed by atoms with van der Waals surface area (Å²) >= 11 is 0. The number of aromatic amines is 1. The van der Waals surface area contributed by atoms with Crippen molar-refractivity contribution < 1.29 is 14.3 Å². The number of para-hydroxylation sites is 1. The van der Waals surface area contributed by atoms with E-state index < -0.39 is 0 Å². The van der Waals surface area contributed by atoms with Crippen LogP contribution in [0.25, 0.3) is 0 Å². The minimum Gasteiger partial charge on any atom is -0.496 e. The lowest BCUT2D eigenvalue weighted by Crippen LogP contribution is -2.47. The molecule has 2 aliphatic rings. The fourth-order valence-corrected chi connectivity index (χ4v) is 5.28. The molecule has 0 radical (unpaired) electrons. The third kappa shape index (κ3) is 4.52. The second-order valence-corrected chi connectivity index (χ2v) is 9.18. The second-order valence-electron chi connectivity index (χ2n) is 9.18. The molecule has 4 rings (SSSR count). The first-order chi connectivity index (χ1) is 15.5. The molecule has 2 aliphatic heterocycles. The van der Waals surface area contributed by atoms with Gasteiger partial charge in [0, 0.05) is 36.7 Å². The molecule has 2 amide bonds. The lowest BCUT2D eigenvalue weighted by atomic mass is 9.90. The number of piperidine rings is 2. The topological polar surface area (TPSA) is 78.5 Å².